The molecule has 0 radical (unpaired) electrons. The molecule has 3 rings (SSSR count). The molecule has 2 N–H and O–H groups in total. The van der Waals surface area contributed by atoms with Gasteiger partial charge in [0, 0.05) is 18.8 Å². The maximum absolute atomic E-state index is 6.22. The van der Waals surface area contributed by atoms with Gasteiger partial charge in [-0.1, -0.05) is 24.3 Å². The van der Waals surface area contributed by atoms with Gasteiger partial charge in [0.15, 0.2) is 0 Å². The fraction of sp³-hybridized carbons (Fsp3) is 0.286. The highest BCUT2D eigenvalue weighted by molar-refractivity contribution is 5.36. The number of hydrogen-bond acceptors (Lipinski definition) is 4. The molecule has 0 spiro atoms. The summed E-state index contributed by atoms with van der Waals surface area (Å²) < 4.78 is 5.90. The van der Waals surface area contributed by atoms with Crippen LogP contribution in [0.15, 0.2) is 36.7 Å². The highest BCUT2D eigenvalue weighted by Crippen LogP contribution is 2.32. The van der Waals surface area contributed by atoms with E-state index in [2.05, 4.69) is 22.1 Å². The lowest BCUT2D eigenvalue weighted by Crippen LogP contribution is -2.28. The summed E-state index contributed by atoms with van der Waals surface area (Å²) in [4.78, 5) is 8.37. The zero-order valence-corrected chi connectivity index (χ0v) is 10.2. The third-order valence-corrected chi connectivity index (χ3v) is 3.34. The van der Waals surface area contributed by atoms with Gasteiger partial charge in [-0.25, -0.2) is 4.98 Å². The molecule has 18 heavy (non-hydrogen) atoms. The molecule has 92 valence electrons. The predicted octanol–water partition coefficient (Wildman–Crippen LogP) is 1.79. The number of fused-ring (bicyclic) bond motifs is 1. The summed E-state index contributed by atoms with van der Waals surface area (Å²) in [6, 6.07) is 8.10. The minimum Gasteiger partial charge on any atom is -0.471 e. The van der Waals surface area contributed by atoms with Gasteiger partial charge in [-0.15, -0.1) is 0 Å². The first-order valence-corrected chi connectivity index (χ1v) is 6.03. The molecule has 0 fully saturated rings. The Morgan fingerprint density at radius 3 is 2.78 bits per heavy atom. The fourth-order valence-electron chi connectivity index (χ4n) is 2.36. The zero-order valence-electron chi connectivity index (χ0n) is 10.2. The van der Waals surface area contributed by atoms with E-state index in [9.17, 15) is 0 Å². The summed E-state index contributed by atoms with van der Waals surface area (Å²) in [6.45, 7) is 1.88. The molecule has 0 amide bonds. The highest BCUT2D eigenvalue weighted by Gasteiger charge is 2.31. The van der Waals surface area contributed by atoms with Crippen LogP contribution in [0.4, 0.5) is 0 Å². The number of hydrogen-bond donors (Lipinski definition) is 1. The Balaban J connectivity index is 1.83. The smallest absolute Gasteiger partial charge is 0.235 e. The fourth-order valence-corrected chi connectivity index (χ4v) is 2.36. The third kappa shape index (κ3) is 1.84. The Kier molecular flexibility index (Phi) is 2.72. The van der Waals surface area contributed by atoms with E-state index in [0.717, 1.165) is 12.1 Å². The van der Waals surface area contributed by atoms with E-state index in [-0.39, 0.29) is 12.1 Å². The molecule has 2 aromatic rings. The molecule has 1 aromatic carbocycles. The second-order valence-corrected chi connectivity index (χ2v) is 4.53. The summed E-state index contributed by atoms with van der Waals surface area (Å²) in [5, 5.41) is 0. The van der Waals surface area contributed by atoms with Crippen LogP contribution in [0.25, 0.3) is 0 Å². The lowest BCUT2D eigenvalue weighted by Gasteiger charge is -2.18. The van der Waals surface area contributed by atoms with Crippen LogP contribution in [-0.4, -0.2) is 16.1 Å². The van der Waals surface area contributed by atoms with Crippen molar-refractivity contribution >= 4 is 0 Å². The Bertz CT molecular complexity index is 570. The minimum absolute atomic E-state index is 0.0576. The van der Waals surface area contributed by atoms with E-state index in [0.29, 0.717) is 5.88 Å². The quantitative estimate of drug-likeness (QED) is 0.870. The molecule has 0 aliphatic heterocycles. The van der Waals surface area contributed by atoms with E-state index < -0.39 is 0 Å². The lowest BCUT2D eigenvalue weighted by molar-refractivity contribution is 0.175. The van der Waals surface area contributed by atoms with Gasteiger partial charge in [0.2, 0.25) is 5.88 Å². The second-order valence-electron chi connectivity index (χ2n) is 4.53. The van der Waals surface area contributed by atoms with E-state index >= 15 is 0 Å². The van der Waals surface area contributed by atoms with Crippen molar-refractivity contribution in [3.8, 4) is 5.88 Å². The van der Waals surface area contributed by atoms with Crippen LogP contribution in [0.3, 0.4) is 0 Å². The average Bonchev–Trinajstić information content (AvgIpc) is 2.70. The molecule has 1 aliphatic carbocycles. The van der Waals surface area contributed by atoms with Crippen LogP contribution in [-0.2, 0) is 6.42 Å². The molecule has 0 saturated carbocycles. The Hall–Kier alpha value is -1.94. The van der Waals surface area contributed by atoms with Gasteiger partial charge in [0.1, 0.15) is 6.10 Å². The number of aromatic nitrogens is 2. The molecule has 0 saturated heterocycles. The standard InChI is InChI=1S/C14H15N3O/c1-9-14(17-7-6-16-9)18-12-8-10-4-2-3-5-11(10)13(12)15/h2-7,12-13H,8,15H2,1H3. The van der Waals surface area contributed by atoms with Gasteiger partial charge in [0.25, 0.3) is 0 Å². The lowest BCUT2D eigenvalue weighted by atomic mass is 10.1. The molecule has 4 heteroatoms. The minimum atomic E-state index is -0.0948. The van der Waals surface area contributed by atoms with Gasteiger partial charge >= 0.3 is 0 Å². The van der Waals surface area contributed by atoms with Crippen molar-refractivity contribution in [2.45, 2.75) is 25.5 Å². The molecule has 1 aromatic heterocycles. The molecule has 0 bridgehead atoms. The van der Waals surface area contributed by atoms with Crippen LogP contribution in [0, 0.1) is 6.92 Å². The normalized spacial score (nSPS) is 21.7. The SMILES string of the molecule is Cc1nccnc1OC1Cc2ccccc2C1N. The Morgan fingerprint density at radius 2 is 2.00 bits per heavy atom. The maximum Gasteiger partial charge on any atom is 0.235 e. The number of rotatable bonds is 2. The van der Waals surface area contributed by atoms with Crippen molar-refractivity contribution in [2.75, 3.05) is 0 Å². The van der Waals surface area contributed by atoms with E-state index in [1.165, 1.54) is 11.1 Å². The summed E-state index contributed by atoms with van der Waals surface area (Å²) in [5.74, 6) is 0.575. The number of aryl methyl sites for hydroxylation is 1. The number of ether oxygens (including phenoxy) is 1. The van der Waals surface area contributed by atoms with Gasteiger partial charge in [-0.2, -0.15) is 0 Å². The first kappa shape index (κ1) is 11.2. The summed E-state index contributed by atoms with van der Waals surface area (Å²) >= 11 is 0. The predicted molar refractivity (Wildman–Crippen MR) is 68.3 cm³/mol. The van der Waals surface area contributed by atoms with Crippen molar-refractivity contribution in [3.63, 3.8) is 0 Å². The maximum atomic E-state index is 6.22. The summed E-state index contributed by atoms with van der Waals surface area (Å²) in [7, 11) is 0. The Labute approximate surface area is 106 Å². The molecule has 4 nitrogen and oxygen atoms in total. The van der Waals surface area contributed by atoms with E-state index in [4.69, 9.17) is 10.5 Å². The van der Waals surface area contributed by atoms with Crippen LogP contribution < -0.4 is 10.5 Å². The molecule has 1 aliphatic rings. The summed E-state index contributed by atoms with van der Waals surface area (Å²) in [5.41, 5.74) is 9.44. The highest BCUT2D eigenvalue weighted by atomic mass is 16.5. The van der Waals surface area contributed by atoms with Crippen molar-refractivity contribution in [1.82, 2.24) is 9.97 Å². The van der Waals surface area contributed by atoms with Crippen molar-refractivity contribution < 1.29 is 4.74 Å². The van der Waals surface area contributed by atoms with Crippen LogP contribution in [0.1, 0.15) is 22.9 Å². The topological polar surface area (TPSA) is 61.0 Å². The Morgan fingerprint density at radius 1 is 1.22 bits per heavy atom. The van der Waals surface area contributed by atoms with E-state index in [1.807, 2.05) is 19.1 Å². The van der Waals surface area contributed by atoms with Crippen molar-refractivity contribution in [2.24, 2.45) is 5.73 Å². The van der Waals surface area contributed by atoms with Crippen LogP contribution in [0.5, 0.6) is 5.88 Å². The van der Waals surface area contributed by atoms with Gasteiger partial charge < -0.3 is 10.5 Å². The largest absolute Gasteiger partial charge is 0.471 e. The monoisotopic (exact) mass is 241 g/mol. The average molecular weight is 241 g/mol. The van der Waals surface area contributed by atoms with E-state index in [1.54, 1.807) is 12.4 Å². The molecule has 2 unspecified atom stereocenters. The van der Waals surface area contributed by atoms with Crippen LogP contribution in [0.2, 0.25) is 0 Å². The zero-order chi connectivity index (χ0) is 12.5. The molecule has 1 heterocycles. The van der Waals surface area contributed by atoms with Gasteiger partial charge in [-0.3, -0.25) is 4.98 Å². The van der Waals surface area contributed by atoms with Gasteiger partial charge in [-0.05, 0) is 18.1 Å². The molecular formula is C14H15N3O. The first-order valence-electron chi connectivity index (χ1n) is 6.03. The molecule has 2 atom stereocenters. The number of nitrogens with zero attached hydrogens (tertiary/aromatic N) is 2. The van der Waals surface area contributed by atoms with Crippen LogP contribution >= 0.6 is 0 Å². The number of benzene rings is 1. The molecular weight excluding hydrogens is 226 g/mol. The first-order chi connectivity index (χ1) is 8.75. The van der Waals surface area contributed by atoms with Crippen molar-refractivity contribution in [1.29, 1.82) is 0 Å². The van der Waals surface area contributed by atoms with Gasteiger partial charge in [0.05, 0.1) is 11.7 Å². The number of nitrogens with two attached hydrogens (primary N) is 1. The summed E-state index contributed by atoms with van der Waals surface area (Å²) in [6.07, 6.45) is 4.06. The third-order valence-electron chi connectivity index (χ3n) is 3.34. The van der Waals surface area contributed by atoms with Crippen molar-refractivity contribution in [3.05, 3.63) is 53.5 Å². The second kappa shape index (κ2) is 4.38.